The molecular weight excluding hydrogens is 701 g/mol. The van der Waals surface area contributed by atoms with Gasteiger partial charge in [-0.1, -0.05) is 97.1 Å². The summed E-state index contributed by atoms with van der Waals surface area (Å²) in [6.45, 7) is 0. The van der Waals surface area contributed by atoms with Gasteiger partial charge in [0.2, 0.25) is 0 Å². The zero-order chi connectivity index (χ0) is 37.6. The quantitative estimate of drug-likeness (QED) is 0.180. The molecule has 0 saturated carbocycles. The number of anilines is 12. The predicted molar refractivity (Wildman–Crippen MR) is 231 cm³/mol. The number of aromatic nitrogens is 2. The summed E-state index contributed by atoms with van der Waals surface area (Å²) in [5.41, 5.74) is 15.2. The molecule has 0 atom stereocenters. The van der Waals surface area contributed by atoms with Crippen molar-refractivity contribution in [2.75, 3.05) is 19.6 Å². The van der Waals surface area contributed by atoms with Crippen LogP contribution in [0.1, 0.15) is 10.4 Å². The van der Waals surface area contributed by atoms with Gasteiger partial charge in [-0.2, -0.15) is 0 Å². The number of benzene rings is 8. The molecule has 0 radical (unpaired) electrons. The Kier molecular flexibility index (Phi) is 6.65. The van der Waals surface area contributed by atoms with Crippen LogP contribution in [-0.4, -0.2) is 15.5 Å². The number of carbonyl (C=O) groups is 1. The lowest BCUT2D eigenvalue weighted by Crippen LogP contribution is -2.27. The van der Waals surface area contributed by atoms with Crippen molar-refractivity contribution in [3.05, 3.63) is 200 Å². The second-order valence-corrected chi connectivity index (χ2v) is 14.4. The number of rotatable bonds is 4. The van der Waals surface area contributed by atoms with Crippen LogP contribution >= 0.6 is 0 Å². The summed E-state index contributed by atoms with van der Waals surface area (Å²) in [5, 5.41) is 0. The highest BCUT2D eigenvalue weighted by atomic mass is 16.2. The van der Waals surface area contributed by atoms with Gasteiger partial charge < -0.3 is 19.6 Å². The summed E-state index contributed by atoms with van der Waals surface area (Å²) in [7, 11) is 0. The van der Waals surface area contributed by atoms with E-state index in [4.69, 9.17) is 4.98 Å². The minimum absolute atomic E-state index is 0.0827. The van der Waals surface area contributed by atoms with Crippen LogP contribution in [0.2, 0.25) is 0 Å². The third-order valence-corrected chi connectivity index (χ3v) is 11.3. The van der Waals surface area contributed by atoms with Crippen molar-refractivity contribution >= 4 is 85.2 Å². The lowest BCUT2D eigenvalue weighted by molar-refractivity contribution is 0.0973. The average Bonchev–Trinajstić information content (AvgIpc) is 3.79. The van der Waals surface area contributed by atoms with Crippen molar-refractivity contribution in [2.45, 2.75) is 0 Å². The number of fused-ring (bicyclic) bond motifs is 9. The number of imidazole rings is 1. The summed E-state index contributed by atoms with van der Waals surface area (Å²) in [5.74, 6) is 0.573. The number of carbonyl (C=O) groups excluding carboxylic acids is 1. The van der Waals surface area contributed by atoms with E-state index in [0.717, 1.165) is 84.8 Å². The van der Waals surface area contributed by atoms with E-state index in [2.05, 4.69) is 183 Å². The molecule has 8 aromatic carbocycles. The Morgan fingerprint density at radius 3 is 1.12 bits per heavy atom. The van der Waals surface area contributed by atoms with Crippen LogP contribution in [0.15, 0.2) is 194 Å². The van der Waals surface area contributed by atoms with Crippen molar-refractivity contribution < 1.29 is 4.79 Å². The highest BCUT2D eigenvalue weighted by molar-refractivity contribution is 6.16. The molecule has 9 aromatic rings. The van der Waals surface area contributed by atoms with Crippen molar-refractivity contribution in [2.24, 2.45) is 0 Å². The molecule has 12 rings (SSSR count). The van der Waals surface area contributed by atoms with E-state index < -0.39 is 0 Å². The Morgan fingerprint density at radius 2 is 0.684 bits per heavy atom. The van der Waals surface area contributed by atoms with E-state index in [-0.39, 0.29) is 5.91 Å². The summed E-state index contributed by atoms with van der Waals surface area (Å²) in [6, 6.07) is 67.4. The number of hydrogen-bond acceptors (Lipinski definition) is 6. The molecule has 0 unspecified atom stereocenters. The molecule has 57 heavy (non-hydrogen) atoms. The van der Waals surface area contributed by atoms with Gasteiger partial charge in [0.25, 0.3) is 5.91 Å². The van der Waals surface area contributed by atoms with E-state index in [1.54, 1.807) is 4.57 Å². The predicted octanol–water partition coefficient (Wildman–Crippen LogP) is 13.2. The fraction of sp³-hybridized carbons (Fsp3) is 0. The molecule has 0 spiro atoms. The molecule has 3 aliphatic rings. The van der Waals surface area contributed by atoms with Crippen molar-refractivity contribution in [3.63, 3.8) is 0 Å². The maximum absolute atomic E-state index is 14.7. The standard InChI is InChI=1S/C50H32N6O/c57-50-36-32-48(55-45-29-15-11-25-41(45)53(34-19-5-2-6-20-34)42-26-12-16-30-46(42)55)47(31-35(36)49-51-37-21-7-8-22-38(37)56(49)50)54-43-27-13-9-23-39(43)52(33-17-3-1-4-18-33)40-24-10-14-28-44(40)54/h1-32H. The van der Waals surface area contributed by atoms with Gasteiger partial charge in [-0.3, -0.25) is 9.36 Å². The van der Waals surface area contributed by atoms with Gasteiger partial charge in [0.1, 0.15) is 5.82 Å². The second kappa shape index (κ2) is 12.1. The Morgan fingerprint density at radius 1 is 0.333 bits per heavy atom. The first-order valence-corrected chi connectivity index (χ1v) is 19.1. The van der Waals surface area contributed by atoms with Gasteiger partial charge in [-0.05, 0) is 97.1 Å². The SMILES string of the molecule is O=C1c2cc(N3c4ccccc4N(c4ccccc4)c4ccccc43)c(N3c4ccccc4N(c4ccccc4)c4ccccc43)cc2-c2nc3ccccc3n21. The molecule has 0 N–H and O–H groups in total. The average molecular weight is 733 g/mol. The van der Waals surface area contributed by atoms with E-state index >= 15 is 0 Å². The molecule has 0 amide bonds. The van der Waals surface area contributed by atoms with Crippen molar-refractivity contribution in [1.82, 2.24) is 9.55 Å². The molecule has 1 aromatic heterocycles. The van der Waals surface area contributed by atoms with Crippen LogP contribution in [0.5, 0.6) is 0 Å². The highest BCUT2D eigenvalue weighted by Gasteiger charge is 2.39. The van der Waals surface area contributed by atoms with Crippen LogP contribution < -0.4 is 19.6 Å². The molecule has 7 nitrogen and oxygen atoms in total. The number of hydrogen-bond donors (Lipinski definition) is 0. The van der Waals surface area contributed by atoms with Crippen LogP contribution in [0.25, 0.3) is 22.4 Å². The molecule has 7 heteroatoms. The smallest absolute Gasteiger partial charge is 0.264 e. The maximum Gasteiger partial charge on any atom is 0.264 e. The summed E-state index contributed by atoms with van der Waals surface area (Å²) >= 11 is 0. The van der Waals surface area contributed by atoms with Crippen LogP contribution in [0, 0.1) is 0 Å². The summed E-state index contributed by atoms with van der Waals surface area (Å²) < 4.78 is 1.78. The van der Waals surface area contributed by atoms with E-state index in [1.165, 1.54) is 0 Å². The largest absolute Gasteiger partial charge is 0.306 e. The van der Waals surface area contributed by atoms with Crippen molar-refractivity contribution in [3.8, 4) is 11.4 Å². The first-order valence-electron chi connectivity index (χ1n) is 19.1. The topological polar surface area (TPSA) is 47.9 Å². The zero-order valence-corrected chi connectivity index (χ0v) is 30.6. The molecule has 4 heterocycles. The van der Waals surface area contributed by atoms with E-state index in [9.17, 15) is 4.79 Å². The van der Waals surface area contributed by atoms with Crippen LogP contribution in [0.3, 0.4) is 0 Å². The lowest BCUT2D eigenvalue weighted by atomic mass is 9.98. The summed E-state index contributed by atoms with van der Waals surface area (Å²) in [4.78, 5) is 29.1. The number of para-hydroxylation sites is 12. The van der Waals surface area contributed by atoms with E-state index in [1.807, 2.05) is 30.3 Å². The monoisotopic (exact) mass is 732 g/mol. The highest BCUT2D eigenvalue weighted by Crippen LogP contribution is 2.60. The van der Waals surface area contributed by atoms with Gasteiger partial charge in [-0.15, -0.1) is 0 Å². The fourth-order valence-corrected chi connectivity index (χ4v) is 8.95. The van der Waals surface area contributed by atoms with E-state index in [0.29, 0.717) is 11.4 Å². The summed E-state index contributed by atoms with van der Waals surface area (Å²) in [6.07, 6.45) is 0. The minimum Gasteiger partial charge on any atom is -0.306 e. The van der Waals surface area contributed by atoms with Gasteiger partial charge in [-0.25, -0.2) is 4.98 Å². The van der Waals surface area contributed by atoms with Gasteiger partial charge in [0.05, 0.1) is 73.5 Å². The Bertz CT molecular complexity index is 2990. The Labute approximate surface area is 329 Å². The molecule has 0 saturated heterocycles. The molecule has 268 valence electrons. The molecule has 0 fully saturated rings. The maximum atomic E-state index is 14.7. The Hall–Kier alpha value is -7.90. The third kappa shape index (κ3) is 4.48. The van der Waals surface area contributed by atoms with Crippen LogP contribution in [-0.2, 0) is 0 Å². The first kappa shape index (κ1) is 31.5. The van der Waals surface area contributed by atoms with Gasteiger partial charge >= 0.3 is 0 Å². The van der Waals surface area contributed by atoms with Gasteiger partial charge in [0, 0.05) is 16.9 Å². The minimum atomic E-state index is -0.0827. The molecule has 3 aliphatic heterocycles. The fourth-order valence-electron chi connectivity index (χ4n) is 8.95. The lowest BCUT2D eigenvalue weighted by Gasteiger charge is -2.44. The zero-order valence-electron chi connectivity index (χ0n) is 30.6. The first-order chi connectivity index (χ1) is 28.2. The second-order valence-electron chi connectivity index (χ2n) is 14.4. The third-order valence-electron chi connectivity index (χ3n) is 11.3. The molecule has 0 bridgehead atoms. The Balaban J connectivity index is 1.17. The number of nitrogens with zero attached hydrogens (tertiary/aromatic N) is 6. The normalized spacial score (nSPS) is 13.5. The molecular formula is C50H32N6O. The van der Waals surface area contributed by atoms with Crippen molar-refractivity contribution in [1.29, 1.82) is 0 Å². The van der Waals surface area contributed by atoms with Crippen LogP contribution in [0.4, 0.5) is 68.2 Å². The molecule has 0 aliphatic carbocycles. The van der Waals surface area contributed by atoms with Gasteiger partial charge in [0.15, 0.2) is 0 Å².